The SMILES string of the molecule is Cc1c(C(=O)NC2CCNC(C)C2)cnn1C. The summed E-state index contributed by atoms with van der Waals surface area (Å²) < 4.78 is 1.72. The van der Waals surface area contributed by atoms with Crippen molar-refractivity contribution in [2.24, 2.45) is 7.05 Å². The minimum Gasteiger partial charge on any atom is -0.349 e. The fourth-order valence-corrected chi connectivity index (χ4v) is 2.25. The number of rotatable bonds is 2. The van der Waals surface area contributed by atoms with Gasteiger partial charge in [0.15, 0.2) is 0 Å². The number of carbonyl (C=O) groups is 1. The van der Waals surface area contributed by atoms with E-state index >= 15 is 0 Å². The smallest absolute Gasteiger partial charge is 0.254 e. The second-order valence-electron chi connectivity index (χ2n) is 4.82. The van der Waals surface area contributed by atoms with Crippen LogP contribution in [0.25, 0.3) is 0 Å². The Balaban J connectivity index is 1.99. The molecule has 17 heavy (non-hydrogen) atoms. The number of nitrogens with zero attached hydrogens (tertiary/aromatic N) is 2. The Kier molecular flexibility index (Phi) is 3.47. The molecular formula is C12H20N4O. The molecular weight excluding hydrogens is 216 g/mol. The lowest BCUT2D eigenvalue weighted by Gasteiger charge is -2.28. The van der Waals surface area contributed by atoms with Gasteiger partial charge in [-0.15, -0.1) is 0 Å². The molecule has 1 aromatic rings. The molecule has 0 aromatic carbocycles. The Morgan fingerprint density at radius 1 is 1.65 bits per heavy atom. The fraction of sp³-hybridized carbons (Fsp3) is 0.667. The molecule has 0 spiro atoms. The van der Waals surface area contributed by atoms with Crippen LogP contribution >= 0.6 is 0 Å². The molecule has 2 atom stereocenters. The first-order valence-corrected chi connectivity index (χ1v) is 6.10. The summed E-state index contributed by atoms with van der Waals surface area (Å²) >= 11 is 0. The third-order valence-electron chi connectivity index (χ3n) is 3.44. The van der Waals surface area contributed by atoms with Crippen molar-refractivity contribution in [1.82, 2.24) is 20.4 Å². The lowest BCUT2D eigenvalue weighted by molar-refractivity contribution is 0.0925. The lowest BCUT2D eigenvalue weighted by atomic mass is 10.0. The Bertz CT molecular complexity index is 413. The Morgan fingerprint density at radius 3 is 3.00 bits per heavy atom. The van der Waals surface area contributed by atoms with Gasteiger partial charge in [0.25, 0.3) is 5.91 Å². The van der Waals surface area contributed by atoms with E-state index in [0.29, 0.717) is 11.6 Å². The summed E-state index contributed by atoms with van der Waals surface area (Å²) in [6.07, 6.45) is 3.62. The Labute approximate surface area is 102 Å². The van der Waals surface area contributed by atoms with Gasteiger partial charge in [-0.2, -0.15) is 5.10 Å². The van der Waals surface area contributed by atoms with Gasteiger partial charge in [0.2, 0.25) is 0 Å². The van der Waals surface area contributed by atoms with E-state index in [1.165, 1.54) is 0 Å². The van der Waals surface area contributed by atoms with E-state index in [1.54, 1.807) is 10.9 Å². The van der Waals surface area contributed by atoms with Crippen molar-refractivity contribution in [1.29, 1.82) is 0 Å². The van der Waals surface area contributed by atoms with Crippen molar-refractivity contribution in [2.75, 3.05) is 6.54 Å². The number of carbonyl (C=O) groups excluding carboxylic acids is 1. The van der Waals surface area contributed by atoms with E-state index < -0.39 is 0 Å². The summed E-state index contributed by atoms with van der Waals surface area (Å²) in [7, 11) is 1.85. The predicted molar refractivity (Wildman–Crippen MR) is 65.9 cm³/mol. The van der Waals surface area contributed by atoms with Gasteiger partial charge in [-0.05, 0) is 33.2 Å². The number of aromatic nitrogens is 2. The third kappa shape index (κ3) is 2.66. The average molecular weight is 236 g/mol. The maximum absolute atomic E-state index is 12.1. The molecule has 1 aliphatic rings. The molecule has 94 valence electrons. The minimum atomic E-state index is -0.00491. The molecule has 5 nitrogen and oxygen atoms in total. The molecule has 2 heterocycles. The highest BCUT2D eigenvalue weighted by atomic mass is 16.1. The van der Waals surface area contributed by atoms with Gasteiger partial charge in [0, 0.05) is 24.8 Å². The summed E-state index contributed by atoms with van der Waals surface area (Å²) in [6.45, 7) is 5.03. The summed E-state index contributed by atoms with van der Waals surface area (Å²) in [5.74, 6) is -0.00491. The molecule has 2 unspecified atom stereocenters. The van der Waals surface area contributed by atoms with E-state index in [4.69, 9.17) is 0 Å². The molecule has 2 rings (SSSR count). The molecule has 0 bridgehead atoms. The van der Waals surface area contributed by atoms with Gasteiger partial charge >= 0.3 is 0 Å². The van der Waals surface area contributed by atoms with Gasteiger partial charge in [0.05, 0.1) is 11.8 Å². The van der Waals surface area contributed by atoms with E-state index in [9.17, 15) is 4.79 Å². The molecule has 1 aliphatic heterocycles. The van der Waals surface area contributed by atoms with Crippen molar-refractivity contribution in [3.05, 3.63) is 17.5 Å². The van der Waals surface area contributed by atoms with Gasteiger partial charge in [0.1, 0.15) is 0 Å². The number of hydrogen-bond acceptors (Lipinski definition) is 3. The van der Waals surface area contributed by atoms with Gasteiger partial charge in [-0.3, -0.25) is 9.48 Å². The second-order valence-corrected chi connectivity index (χ2v) is 4.82. The molecule has 1 aromatic heterocycles. The van der Waals surface area contributed by atoms with Crippen LogP contribution < -0.4 is 10.6 Å². The first kappa shape index (κ1) is 12.1. The molecule has 2 N–H and O–H groups in total. The van der Waals surface area contributed by atoms with Crippen LogP contribution in [-0.4, -0.2) is 34.3 Å². The van der Waals surface area contributed by atoms with E-state index in [0.717, 1.165) is 25.1 Å². The van der Waals surface area contributed by atoms with Crippen molar-refractivity contribution in [3.63, 3.8) is 0 Å². The van der Waals surface area contributed by atoms with Crippen LogP contribution in [0.5, 0.6) is 0 Å². The molecule has 0 aliphatic carbocycles. The zero-order valence-corrected chi connectivity index (χ0v) is 10.7. The summed E-state index contributed by atoms with van der Waals surface area (Å²) in [6, 6.07) is 0.752. The first-order valence-electron chi connectivity index (χ1n) is 6.10. The van der Waals surface area contributed by atoms with E-state index in [2.05, 4.69) is 22.7 Å². The van der Waals surface area contributed by atoms with Gasteiger partial charge in [-0.1, -0.05) is 0 Å². The maximum Gasteiger partial charge on any atom is 0.254 e. The molecule has 1 saturated heterocycles. The molecule has 5 heteroatoms. The summed E-state index contributed by atoms with van der Waals surface area (Å²) in [5.41, 5.74) is 1.59. The quantitative estimate of drug-likeness (QED) is 0.790. The van der Waals surface area contributed by atoms with Crippen LogP contribution in [0.2, 0.25) is 0 Å². The Morgan fingerprint density at radius 2 is 2.41 bits per heavy atom. The van der Waals surface area contributed by atoms with Crippen LogP contribution in [0.1, 0.15) is 35.8 Å². The average Bonchev–Trinajstić information content (AvgIpc) is 2.60. The summed E-state index contributed by atoms with van der Waals surface area (Å²) in [5, 5.41) is 10.5. The molecule has 0 radical (unpaired) electrons. The highest BCUT2D eigenvalue weighted by molar-refractivity contribution is 5.95. The second kappa shape index (κ2) is 4.87. The summed E-state index contributed by atoms with van der Waals surface area (Å²) in [4.78, 5) is 12.1. The third-order valence-corrected chi connectivity index (χ3v) is 3.44. The minimum absolute atomic E-state index is 0.00491. The van der Waals surface area contributed by atoms with Crippen molar-refractivity contribution in [2.45, 2.75) is 38.8 Å². The van der Waals surface area contributed by atoms with Crippen LogP contribution in [-0.2, 0) is 7.05 Å². The van der Waals surface area contributed by atoms with E-state index in [-0.39, 0.29) is 11.9 Å². The number of nitrogens with one attached hydrogen (secondary N) is 2. The zero-order valence-electron chi connectivity index (χ0n) is 10.7. The normalized spacial score (nSPS) is 24.6. The highest BCUT2D eigenvalue weighted by Gasteiger charge is 2.21. The Hall–Kier alpha value is -1.36. The van der Waals surface area contributed by atoms with Crippen LogP contribution in [0.3, 0.4) is 0 Å². The first-order chi connectivity index (χ1) is 8.08. The number of amides is 1. The van der Waals surface area contributed by atoms with Crippen LogP contribution in [0.4, 0.5) is 0 Å². The van der Waals surface area contributed by atoms with Crippen molar-refractivity contribution < 1.29 is 4.79 Å². The largest absolute Gasteiger partial charge is 0.349 e. The fourth-order valence-electron chi connectivity index (χ4n) is 2.25. The standard InChI is InChI=1S/C12H20N4O/c1-8-6-10(4-5-13-8)15-12(17)11-7-14-16(3)9(11)2/h7-8,10,13H,4-6H2,1-3H3,(H,15,17). The predicted octanol–water partition coefficient (Wildman–Crippen LogP) is 0.599. The van der Waals surface area contributed by atoms with Crippen molar-refractivity contribution in [3.8, 4) is 0 Å². The molecule has 1 amide bonds. The topological polar surface area (TPSA) is 59.0 Å². The molecule has 1 fully saturated rings. The van der Waals surface area contributed by atoms with Gasteiger partial charge in [-0.25, -0.2) is 0 Å². The highest BCUT2D eigenvalue weighted by Crippen LogP contribution is 2.11. The van der Waals surface area contributed by atoms with Crippen LogP contribution in [0.15, 0.2) is 6.20 Å². The van der Waals surface area contributed by atoms with Gasteiger partial charge < -0.3 is 10.6 Å². The van der Waals surface area contributed by atoms with E-state index in [1.807, 2.05) is 14.0 Å². The monoisotopic (exact) mass is 236 g/mol. The lowest BCUT2D eigenvalue weighted by Crippen LogP contribution is -2.46. The molecule has 0 saturated carbocycles. The number of hydrogen-bond donors (Lipinski definition) is 2. The van der Waals surface area contributed by atoms with Crippen LogP contribution in [0, 0.1) is 6.92 Å². The zero-order chi connectivity index (χ0) is 12.4. The number of aryl methyl sites for hydroxylation is 1. The van der Waals surface area contributed by atoms with Crippen molar-refractivity contribution >= 4 is 5.91 Å². The number of piperidine rings is 1. The maximum atomic E-state index is 12.1.